The molecule has 1 atom stereocenters. The molecule has 0 saturated heterocycles. The fourth-order valence-electron chi connectivity index (χ4n) is 2.74. The summed E-state index contributed by atoms with van der Waals surface area (Å²) in [5, 5.41) is 15.0. The lowest BCUT2D eigenvalue weighted by Crippen LogP contribution is -2.24. The molecule has 3 rings (SSSR count). The Bertz CT molecular complexity index is 1000. The molecular formula is C18H20ClF3N6O. The fourth-order valence-corrected chi connectivity index (χ4v) is 2.97. The molecule has 7 nitrogen and oxygen atoms in total. The summed E-state index contributed by atoms with van der Waals surface area (Å²) in [5.74, 6) is 0.481. The molecule has 0 fully saturated rings. The number of benzene rings is 1. The third-order valence-electron chi connectivity index (χ3n) is 4.39. The van der Waals surface area contributed by atoms with E-state index in [0.29, 0.717) is 24.1 Å². The van der Waals surface area contributed by atoms with Gasteiger partial charge in [0, 0.05) is 12.2 Å². The van der Waals surface area contributed by atoms with Crippen molar-refractivity contribution >= 4 is 40.2 Å². The molecule has 2 heterocycles. The summed E-state index contributed by atoms with van der Waals surface area (Å²) >= 11 is 5.69. The molecule has 2 aromatic heterocycles. The minimum Gasteiger partial charge on any atom is -0.394 e. The molecule has 29 heavy (non-hydrogen) atoms. The monoisotopic (exact) mass is 428 g/mol. The molecule has 0 spiro atoms. The van der Waals surface area contributed by atoms with E-state index in [2.05, 4.69) is 25.6 Å². The van der Waals surface area contributed by atoms with Crippen molar-refractivity contribution in [1.82, 2.24) is 19.5 Å². The van der Waals surface area contributed by atoms with Crippen LogP contribution in [0.5, 0.6) is 0 Å². The van der Waals surface area contributed by atoms with Crippen molar-refractivity contribution in [3.8, 4) is 0 Å². The number of aliphatic hydroxyl groups excluding tert-OH is 1. The minimum absolute atomic E-state index is 0.111. The lowest BCUT2D eigenvalue weighted by atomic mass is 10.2. The topological polar surface area (TPSA) is 87.9 Å². The molecule has 156 valence electrons. The molecule has 0 radical (unpaired) electrons. The Hall–Kier alpha value is -2.59. The molecule has 1 aromatic carbocycles. The van der Waals surface area contributed by atoms with Crippen LogP contribution in [0.3, 0.4) is 0 Å². The molecule has 0 amide bonds. The summed E-state index contributed by atoms with van der Waals surface area (Å²) in [6.07, 6.45) is -2.36. The maximum atomic E-state index is 13.2. The number of hydrogen-bond donors (Lipinski definition) is 3. The van der Waals surface area contributed by atoms with E-state index in [1.54, 1.807) is 10.9 Å². The van der Waals surface area contributed by atoms with Gasteiger partial charge in [0.2, 0.25) is 5.95 Å². The minimum atomic E-state index is -4.58. The lowest BCUT2D eigenvalue weighted by Gasteiger charge is -2.16. The van der Waals surface area contributed by atoms with Crippen LogP contribution in [-0.4, -0.2) is 37.3 Å². The van der Waals surface area contributed by atoms with Gasteiger partial charge in [-0.2, -0.15) is 23.1 Å². The zero-order valence-electron chi connectivity index (χ0n) is 15.8. The summed E-state index contributed by atoms with van der Waals surface area (Å²) in [7, 11) is 0. The number of aryl methyl sites for hydroxylation is 1. The quantitative estimate of drug-likeness (QED) is 0.515. The van der Waals surface area contributed by atoms with Crippen LogP contribution in [0.15, 0.2) is 24.5 Å². The Kier molecular flexibility index (Phi) is 6.13. The molecule has 11 heteroatoms. The van der Waals surface area contributed by atoms with E-state index in [9.17, 15) is 18.3 Å². The van der Waals surface area contributed by atoms with Crippen molar-refractivity contribution in [3.63, 3.8) is 0 Å². The second kappa shape index (κ2) is 8.42. The van der Waals surface area contributed by atoms with Gasteiger partial charge < -0.3 is 20.3 Å². The molecule has 0 unspecified atom stereocenters. The maximum Gasteiger partial charge on any atom is 0.417 e. The van der Waals surface area contributed by atoms with Crippen LogP contribution >= 0.6 is 11.6 Å². The number of imidazole rings is 1. The van der Waals surface area contributed by atoms with Gasteiger partial charge in [0.05, 0.1) is 29.6 Å². The highest BCUT2D eigenvalue weighted by Gasteiger charge is 2.33. The molecule has 0 aliphatic heterocycles. The van der Waals surface area contributed by atoms with Gasteiger partial charge >= 0.3 is 6.18 Å². The SMILES string of the molecule is CC[C@H](CO)Nc1nc(Nc2ccc(Cl)c(C(F)(F)F)c2)c2ncn(CC)c2n1. The molecule has 3 N–H and O–H groups in total. The summed E-state index contributed by atoms with van der Waals surface area (Å²) in [6.45, 7) is 4.30. The molecule has 0 bridgehead atoms. The Labute approximate surface area is 169 Å². The Morgan fingerprint density at radius 3 is 2.62 bits per heavy atom. The van der Waals surface area contributed by atoms with E-state index in [1.165, 1.54) is 12.1 Å². The predicted octanol–water partition coefficient (Wildman–Crippen LogP) is 4.44. The van der Waals surface area contributed by atoms with Gasteiger partial charge in [-0.1, -0.05) is 18.5 Å². The normalized spacial score (nSPS) is 12.9. The summed E-state index contributed by atoms with van der Waals surface area (Å²) < 4.78 is 41.3. The number of aliphatic hydroxyl groups is 1. The van der Waals surface area contributed by atoms with Crippen LogP contribution in [-0.2, 0) is 12.7 Å². The van der Waals surface area contributed by atoms with E-state index >= 15 is 0 Å². The number of nitrogens with zero attached hydrogens (tertiary/aromatic N) is 4. The fraction of sp³-hybridized carbons (Fsp3) is 0.389. The van der Waals surface area contributed by atoms with Crippen molar-refractivity contribution in [2.24, 2.45) is 0 Å². The molecule has 0 aliphatic rings. The van der Waals surface area contributed by atoms with Crippen LogP contribution < -0.4 is 10.6 Å². The van der Waals surface area contributed by atoms with Gasteiger partial charge in [-0.05, 0) is 31.5 Å². The molecule has 3 aromatic rings. The van der Waals surface area contributed by atoms with Crippen LogP contribution in [0.25, 0.3) is 11.2 Å². The third-order valence-corrected chi connectivity index (χ3v) is 4.72. The van der Waals surface area contributed by atoms with E-state index in [4.69, 9.17) is 11.6 Å². The van der Waals surface area contributed by atoms with Crippen molar-refractivity contribution in [2.75, 3.05) is 17.2 Å². The Morgan fingerprint density at radius 1 is 1.24 bits per heavy atom. The first-order valence-corrected chi connectivity index (χ1v) is 9.38. The van der Waals surface area contributed by atoms with Crippen LogP contribution in [0.4, 0.5) is 30.6 Å². The summed E-state index contributed by atoms with van der Waals surface area (Å²) in [5.41, 5.74) is 0.148. The van der Waals surface area contributed by atoms with E-state index in [-0.39, 0.29) is 35.1 Å². The smallest absolute Gasteiger partial charge is 0.394 e. The van der Waals surface area contributed by atoms with Gasteiger partial charge in [-0.25, -0.2) is 4.98 Å². The second-order valence-corrected chi connectivity index (χ2v) is 6.76. The predicted molar refractivity (Wildman–Crippen MR) is 106 cm³/mol. The number of rotatable bonds is 7. The number of halogens is 4. The number of hydrogen-bond acceptors (Lipinski definition) is 6. The van der Waals surface area contributed by atoms with Gasteiger partial charge in [-0.3, -0.25) is 0 Å². The van der Waals surface area contributed by atoms with Gasteiger partial charge in [0.25, 0.3) is 0 Å². The highest BCUT2D eigenvalue weighted by Crippen LogP contribution is 2.37. The van der Waals surface area contributed by atoms with Crippen molar-refractivity contribution in [2.45, 2.75) is 39.0 Å². The van der Waals surface area contributed by atoms with Crippen LogP contribution in [0.1, 0.15) is 25.8 Å². The first-order chi connectivity index (χ1) is 13.8. The Morgan fingerprint density at radius 2 is 2.00 bits per heavy atom. The Balaban J connectivity index is 2.05. The number of fused-ring (bicyclic) bond motifs is 1. The standard InChI is InChI=1S/C18H20ClF3N6O/c1-3-10(8-29)25-17-26-15(14-16(27-17)28(4-2)9-23-14)24-11-5-6-13(19)12(7-11)18(20,21)22/h5-7,9-10,29H,3-4,8H2,1-2H3,(H2,24,25,26,27)/t10-/m1/s1. The number of alkyl halides is 3. The van der Waals surface area contributed by atoms with E-state index in [1.807, 2.05) is 13.8 Å². The van der Waals surface area contributed by atoms with Gasteiger partial charge in [-0.15, -0.1) is 0 Å². The second-order valence-electron chi connectivity index (χ2n) is 6.35. The molecular weight excluding hydrogens is 409 g/mol. The van der Waals surface area contributed by atoms with Gasteiger partial charge in [0.15, 0.2) is 17.0 Å². The van der Waals surface area contributed by atoms with E-state index < -0.39 is 11.7 Å². The first-order valence-electron chi connectivity index (χ1n) is 9.00. The number of aromatic nitrogens is 4. The van der Waals surface area contributed by atoms with E-state index in [0.717, 1.165) is 6.07 Å². The summed E-state index contributed by atoms with van der Waals surface area (Å²) in [6, 6.07) is 3.26. The number of nitrogens with one attached hydrogen (secondary N) is 2. The highest BCUT2D eigenvalue weighted by molar-refractivity contribution is 6.31. The number of anilines is 3. The average Bonchev–Trinajstić information content (AvgIpc) is 3.10. The third kappa shape index (κ3) is 4.54. The zero-order valence-corrected chi connectivity index (χ0v) is 16.5. The van der Waals surface area contributed by atoms with Crippen molar-refractivity contribution in [3.05, 3.63) is 35.1 Å². The van der Waals surface area contributed by atoms with Crippen molar-refractivity contribution in [1.29, 1.82) is 0 Å². The highest BCUT2D eigenvalue weighted by atomic mass is 35.5. The molecule has 0 aliphatic carbocycles. The van der Waals surface area contributed by atoms with Crippen LogP contribution in [0, 0.1) is 0 Å². The first kappa shape index (κ1) is 21.1. The summed E-state index contributed by atoms with van der Waals surface area (Å²) in [4.78, 5) is 13.1. The van der Waals surface area contributed by atoms with Gasteiger partial charge in [0.1, 0.15) is 0 Å². The largest absolute Gasteiger partial charge is 0.417 e. The van der Waals surface area contributed by atoms with Crippen LogP contribution in [0.2, 0.25) is 5.02 Å². The zero-order chi connectivity index (χ0) is 21.2. The van der Waals surface area contributed by atoms with Crippen molar-refractivity contribution < 1.29 is 18.3 Å². The molecule has 0 saturated carbocycles. The maximum absolute atomic E-state index is 13.2. The average molecular weight is 429 g/mol. The lowest BCUT2D eigenvalue weighted by molar-refractivity contribution is -0.137.